The van der Waals surface area contributed by atoms with Gasteiger partial charge >= 0.3 is 0 Å². The van der Waals surface area contributed by atoms with E-state index in [2.05, 4.69) is 10.3 Å². The molecule has 0 aliphatic heterocycles. The van der Waals surface area contributed by atoms with Crippen LogP contribution < -0.4 is 5.56 Å². The number of hydrogen-bond donors (Lipinski definition) is 0. The smallest absolute Gasteiger partial charge is 0.267 e. The maximum absolute atomic E-state index is 13.2. The molecule has 20 heavy (non-hydrogen) atoms. The Morgan fingerprint density at radius 2 is 2.10 bits per heavy atom. The minimum atomic E-state index is -0.542. The number of hydrogen-bond acceptors (Lipinski definition) is 4. The highest BCUT2D eigenvalue weighted by Crippen LogP contribution is 2.25. The highest BCUT2D eigenvalue weighted by molar-refractivity contribution is 7.18. The first-order chi connectivity index (χ1) is 9.49. The first kappa shape index (κ1) is 13.2. The molecule has 3 rings (SSSR count). The number of fused-ring (bicyclic) bond motifs is 1. The van der Waals surface area contributed by atoms with Gasteiger partial charge in [0.2, 0.25) is 0 Å². The zero-order valence-electron chi connectivity index (χ0n) is 10.6. The fraction of sp³-hybridized carbons (Fsp3) is 0.154. The molecule has 0 saturated carbocycles. The van der Waals surface area contributed by atoms with Crippen molar-refractivity contribution in [2.45, 2.75) is 13.8 Å². The average molecular weight is 310 g/mol. The molecule has 0 spiro atoms. The molecule has 0 bridgehead atoms. The van der Waals surface area contributed by atoms with Gasteiger partial charge in [0.1, 0.15) is 5.82 Å². The van der Waals surface area contributed by atoms with Crippen LogP contribution in [0.5, 0.6) is 0 Å². The van der Waals surface area contributed by atoms with Crippen molar-refractivity contribution in [3.63, 3.8) is 0 Å². The van der Waals surface area contributed by atoms with Crippen molar-refractivity contribution in [2.24, 2.45) is 0 Å². The number of aryl methyl sites for hydroxylation is 2. The normalized spacial score (nSPS) is 11.2. The SMILES string of the molecule is Cc1sc2nnn(-c3ccc(F)c(Cl)c3)c(=O)c2c1C. The Bertz CT molecular complexity index is 887. The van der Waals surface area contributed by atoms with Crippen LogP contribution in [0.2, 0.25) is 5.02 Å². The van der Waals surface area contributed by atoms with Crippen LogP contribution in [-0.4, -0.2) is 15.0 Å². The van der Waals surface area contributed by atoms with E-state index in [-0.39, 0.29) is 10.6 Å². The molecule has 1 aromatic carbocycles. The number of nitrogens with zero attached hydrogens (tertiary/aromatic N) is 3. The van der Waals surface area contributed by atoms with Gasteiger partial charge in [-0.05, 0) is 37.6 Å². The second kappa shape index (κ2) is 4.64. The summed E-state index contributed by atoms with van der Waals surface area (Å²) in [6.45, 7) is 3.81. The minimum Gasteiger partial charge on any atom is -0.267 e. The summed E-state index contributed by atoms with van der Waals surface area (Å²) in [5.41, 5.74) is 1.01. The van der Waals surface area contributed by atoms with Crippen molar-refractivity contribution >= 4 is 33.2 Å². The molecule has 0 saturated heterocycles. The summed E-state index contributed by atoms with van der Waals surface area (Å²) in [7, 11) is 0. The van der Waals surface area contributed by atoms with E-state index in [0.717, 1.165) is 15.1 Å². The first-order valence-electron chi connectivity index (χ1n) is 5.80. The lowest BCUT2D eigenvalue weighted by atomic mass is 10.2. The highest BCUT2D eigenvalue weighted by Gasteiger charge is 2.14. The Kier molecular flexibility index (Phi) is 3.07. The quantitative estimate of drug-likeness (QED) is 0.693. The summed E-state index contributed by atoms with van der Waals surface area (Å²) in [6, 6.07) is 3.99. The van der Waals surface area contributed by atoms with Crippen LogP contribution in [0.1, 0.15) is 10.4 Å². The Morgan fingerprint density at radius 3 is 2.80 bits per heavy atom. The van der Waals surface area contributed by atoms with Crippen molar-refractivity contribution in [3.05, 3.63) is 49.8 Å². The molecular formula is C13H9ClFN3OS. The maximum Gasteiger partial charge on any atom is 0.283 e. The van der Waals surface area contributed by atoms with Gasteiger partial charge in [0.25, 0.3) is 5.56 Å². The molecule has 2 aromatic heterocycles. The van der Waals surface area contributed by atoms with E-state index in [4.69, 9.17) is 11.6 Å². The lowest BCUT2D eigenvalue weighted by Crippen LogP contribution is -2.22. The number of rotatable bonds is 1. The van der Waals surface area contributed by atoms with Gasteiger partial charge in [0.05, 0.1) is 16.1 Å². The minimum absolute atomic E-state index is 0.0606. The van der Waals surface area contributed by atoms with Crippen LogP contribution in [0.25, 0.3) is 15.9 Å². The molecule has 0 unspecified atom stereocenters. The molecule has 0 aliphatic rings. The molecule has 2 heterocycles. The van der Waals surface area contributed by atoms with E-state index < -0.39 is 5.82 Å². The Morgan fingerprint density at radius 1 is 1.35 bits per heavy atom. The third kappa shape index (κ3) is 1.92. The monoisotopic (exact) mass is 309 g/mol. The Labute approximate surface area is 122 Å². The zero-order valence-corrected chi connectivity index (χ0v) is 12.2. The number of benzene rings is 1. The lowest BCUT2D eigenvalue weighted by Gasteiger charge is -2.04. The van der Waals surface area contributed by atoms with Crippen molar-refractivity contribution in [3.8, 4) is 5.69 Å². The Hall–Kier alpha value is -1.79. The van der Waals surface area contributed by atoms with Crippen molar-refractivity contribution in [2.75, 3.05) is 0 Å². The summed E-state index contributed by atoms with van der Waals surface area (Å²) in [5.74, 6) is -0.542. The van der Waals surface area contributed by atoms with Crippen molar-refractivity contribution in [1.29, 1.82) is 0 Å². The van der Waals surface area contributed by atoms with E-state index in [0.29, 0.717) is 15.9 Å². The fourth-order valence-electron chi connectivity index (χ4n) is 1.95. The lowest BCUT2D eigenvalue weighted by molar-refractivity contribution is 0.626. The molecular weight excluding hydrogens is 301 g/mol. The molecule has 0 radical (unpaired) electrons. The third-order valence-corrected chi connectivity index (χ3v) is 4.53. The van der Waals surface area contributed by atoms with E-state index >= 15 is 0 Å². The largest absolute Gasteiger partial charge is 0.283 e. The van der Waals surface area contributed by atoms with Crippen molar-refractivity contribution in [1.82, 2.24) is 15.0 Å². The van der Waals surface area contributed by atoms with E-state index in [1.807, 2.05) is 13.8 Å². The van der Waals surface area contributed by atoms with Crippen LogP contribution in [-0.2, 0) is 0 Å². The van der Waals surface area contributed by atoms with Crippen LogP contribution in [0.15, 0.2) is 23.0 Å². The number of halogens is 2. The van der Waals surface area contributed by atoms with Gasteiger partial charge in [-0.25, -0.2) is 4.39 Å². The van der Waals surface area contributed by atoms with Gasteiger partial charge in [0, 0.05) is 4.88 Å². The van der Waals surface area contributed by atoms with E-state index in [9.17, 15) is 9.18 Å². The topological polar surface area (TPSA) is 47.8 Å². The highest BCUT2D eigenvalue weighted by atomic mass is 35.5. The summed E-state index contributed by atoms with van der Waals surface area (Å²) in [6.07, 6.45) is 0. The van der Waals surface area contributed by atoms with Gasteiger partial charge in [-0.15, -0.1) is 16.4 Å². The van der Waals surface area contributed by atoms with E-state index in [1.165, 1.54) is 29.5 Å². The molecule has 0 fully saturated rings. The second-order valence-corrected chi connectivity index (χ2v) is 5.98. The van der Waals surface area contributed by atoms with Crippen LogP contribution in [0.3, 0.4) is 0 Å². The van der Waals surface area contributed by atoms with Gasteiger partial charge in [-0.2, -0.15) is 4.68 Å². The molecule has 0 atom stereocenters. The molecule has 0 aliphatic carbocycles. The van der Waals surface area contributed by atoms with Gasteiger partial charge in [-0.1, -0.05) is 16.8 Å². The number of aromatic nitrogens is 3. The van der Waals surface area contributed by atoms with Gasteiger partial charge < -0.3 is 0 Å². The molecule has 0 N–H and O–H groups in total. The van der Waals surface area contributed by atoms with Crippen LogP contribution in [0.4, 0.5) is 4.39 Å². The maximum atomic E-state index is 13.2. The fourth-order valence-corrected chi connectivity index (χ4v) is 3.09. The summed E-state index contributed by atoms with van der Waals surface area (Å²) >= 11 is 7.16. The molecule has 3 aromatic rings. The second-order valence-electron chi connectivity index (χ2n) is 4.37. The van der Waals surface area contributed by atoms with E-state index in [1.54, 1.807) is 0 Å². The predicted molar refractivity (Wildman–Crippen MR) is 77.5 cm³/mol. The molecule has 7 heteroatoms. The van der Waals surface area contributed by atoms with Crippen LogP contribution >= 0.6 is 22.9 Å². The molecule has 4 nitrogen and oxygen atoms in total. The average Bonchev–Trinajstić information content (AvgIpc) is 2.70. The number of thiophene rings is 1. The van der Waals surface area contributed by atoms with Crippen LogP contribution in [0, 0.1) is 19.7 Å². The summed E-state index contributed by atoms with van der Waals surface area (Å²) in [4.78, 5) is 14.1. The van der Waals surface area contributed by atoms with Gasteiger partial charge in [0.15, 0.2) is 4.83 Å². The van der Waals surface area contributed by atoms with Crippen molar-refractivity contribution < 1.29 is 4.39 Å². The Balaban J connectivity index is 2.32. The first-order valence-corrected chi connectivity index (χ1v) is 6.99. The third-order valence-electron chi connectivity index (χ3n) is 3.15. The molecule has 102 valence electrons. The predicted octanol–water partition coefficient (Wildman–Crippen LogP) is 3.25. The zero-order chi connectivity index (χ0) is 14.4. The summed E-state index contributed by atoms with van der Waals surface area (Å²) < 4.78 is 14.3. The summed E-state index contributed by atoms with van der Waals surface area (Å²) in [5, 5.41) is 8.42. The standard InChI is InChI=1S/C13H9ClFN3OS/c1-6-7(2)20-12-11(6)13(19)18(17-16-12)8-3-4-10(15)9(14)5-8/h3-5H,1-2H3. The van der Waals surface area contributed by atoms with Gasteiger partial charge in [-0.3, -0.25) is 4.79 Å². The molecule has 0 amide bonds.